The SMILES string of the molecule is Cc1ccc(NC(=S)N(CCC(C)C)C2CCN(C(C)C)CC2)c(C)c1. The lowest BCUT2D eigenvalue weighted by Gasteiger charge is -2.41. The summed E-state index contributed by atoms with van der Waals surface area (Å²) in [4.78, 5) is 5.05. The molecule has 1 fully saturated rings. The van der Waals surface area contributed by atoms with Gasteiger partial charge >= 0.3 is 0 Å². The first-order valence-electron chi connectivity index (χ1n) is 10.2. The molecule has 26 heavy (non-hydrogen) atoms. The Kier molecular flexibility index (Phi) is 7.90. The van der Waals surface area contributed by atoms with Crippen LogP contribution in [0.2, 0.25) is 0 Å². The van der Waals surface area contributed by atoms with Crippen LogP contribution in [0, 0.1) is 19.8 Å². The highest BCUT2D eigenvalue weighted by atomic mass is 32.1. The van der Waals surface area contributed by atoms with Gasteiger partial charge in [-0.3, -0.25) is 0 Å². The van der Waals surface area contributed by atoms with E-state index < -0.39 is 0 Å². The molecule has 0 bridgehead atoms. The first-order chi connectivity index (χ1) is 12.3. The average Bonchev–Trinajstić information content (AvgIpc) is 2.57. The molecule has 0 unspecified atom stereocenters. The van der Waals surface area contributed by atoms with Crippen LogP contribution in [-0.4, -0.2) is 46.6 Å². The minimum absolute atomic E-state index is 0.550. The van der Waals surface area contributed by atoms with Crippen molar-refractivity contribution in [3.63, 3.8) is 0 Å². The molecule has 2 rings (SSSR count). The molecule has 1 aliphatic heterocycles. The zero-order chi connectivity index (χ0) is 19.3. The third-order valence-corrected chi connectivity index (χ3v) is 5.84. The Morgan fingerprint density at radius 1 is 1.19 bits per heavy atom. The summed E-state index contributed by atoms with van der Waals surface area (Å²) in [5.74, 6) is 0.692. The molecule has 1 N–H and O–H groups in total. The Bertz CT molecular complexity index is 589. The predicted octanol–water partition coefficient (Wildman–Crippen LogP) is 5.22. The molecule has 0 radical (unpaired) electrons. The summed E-state index contributed by atoms with van der Waals surface area (Å²) in [6.45, 7) is 16.8. The van der Waals surface area contributed by atoms with E-state index >= 15 is 0 Å². The Labute approximate surface area is 166 Å². The van der Waals surface area contributed by atoms with Crippen LogP contribution in [0.3, 0.4) is 0 Å². The van der Waals surface area contributed by atoms with E-state index in [2.05, 4.69) is 74.9 Å². The van der Waals surface area contributed by atoms with Gasteiger partial charge in [0.1, 0.15) is 0 Å². The van der Waals surface area contributed by atoms with Gasteiger partial charge in [-0.15, -0.1) is 0 Å². The highest BCUT2D eigenvalue weighted by Gasteiger charge is 2.27. The predicted molar refractivity (Wildman–Crippen MR) is 118 cm³/mol. The van der Waals surface area contributed by atoms with Crippen LogP contribution < -0.4 is 5.32 Å². The number of hydrogen-bond donors (Lipinski definition) is 1. The fraction of sp³-hybridized carbons (Fsp3) is 0.682. The lowest BCUT2D eigenvalue weighted by molar-refractivity contribution is 0.126. The van der Waals surface area contributed by atoms with Gasteiger partial charge in [-0.25, -0.2) is 0 Å². The van der Waals surface area contributed by atoms with Crippen LogP contribution >= 0.6 is 12.2 Å². The number of rotatable bonds is 6. The van der Waals surface area contributed by atoms with Crippen LogP contribution in [0.5, 0.6) is 0 Å². The van der Waals surface area contributed by atoms with Gasteiger partial charge in [-0.1, -0.05) is 31.5 Å². The maximum absolute atomic E-state index is 5.86. The molecule has 0 spiro atoms. The summed E-state index contributed by atoms with van der Waals surface area (Å²) in [6.07, 6.45) is 3.58. The van der Waals surface area contributed by atoms with Crippen LogP contribution in [0.1, 0.15) is 58.1 Å². The molecule has 3 nitrogen and oxygen atoms in total. The number of nitrogens with one attached hydrogen (secondary N) is 1. The number of nitrogens with zero attached hydrogens (tertiary/aromatic N) is 2. The molecule has 0 aliphatic carbocycles. The van der Waals surface area contributed by atoms with E-state index in [0.717, 1.165) is 17.3 Å². The van der Waals surface area contributed by atoms with E-state index in [0.29, 0.717) is 18.0 Å². The summed E-state index contributed by atoms with van der Waals surface area (Å²) in [7, 11) is 0. The van der Waals surface area contributed by atoms with E-state index in [1.807, 2.05) is 0 Å². The maximum atomic E-state index is 5.86. The number of hydrogen-bond acceptors (Lipinski definition) is 2. The Morgan fingerprint density at radius 2 is 1.85 bits per heavy atom. The largest absolute Gasteiger partial charge is 0.346 e. The molecule has 146 valence electrons. The quantitative estimate of drug-likeness (QED) is 0.687. The van der Waals surface area contributed by atoms with Crippen LogP contribution in [-0.2, 0) is 0 Å². The van der Waals surface area contributed by atoms with Crippen molar-refractivity contribution in [3.8, 4) is 0 Å². The molecule has 0 amide bonds. The molecule has 1 aromatic rings. The van der Waals surface area contributed by atoms with Crippen molar-refractivity contribution < 1.29 is 0 Å². The van der Waals surface area contributed by atoms with Crippen molar-refractivity contribution in [2.45, 2.75) is 72.9 Å². The van der Waals surface area contributed by atoms with Crippen molar-refractivity contribution in [1.29, 1.82) is 0 Å². The third-order valence-electron chi connectivity index (χ3n) is 5.50. The molecule has 1 saturated heterocycles. The van der Waals surface area contributed by atoms with E-state index in [9.17, 15) is 0 Å². The number of aryl methyl sites for hydroxylation is 2. The van der Waals surface area contributed by atoms with Crippen molar-refractivity contribution in [3.05, 3.63) is 29.3 Å². The number of thiocarbonyl (C=S) groups is 1. The Hall–Kier alpha value is -1.13. The van der Waals surface area contributed by atoms with Gasteiger partial charge in [0.05, 0.1) is 0 Å². The number of benzene rings is 1. The van der Waals surface area contributed by atoms with Gasteiger partial charge in [0, 0.05) is 37.4 Å². The van der Waals surface area contributed by atoms with Crippen LogP contribution in [0.4, 0.5) is 5.69 Å². The average molecular weight is 376 g/mol. The first kappa shape index (κ1) is 21.2. The fourth-order valence-corrected chi connectivity index (χ4v) is 4.05. The zero-order valence-corrected chi connectivity index (χ0v) is 18.3. The van der Waals surface area contributed by atoms with Crippen molar-refractivity contribution in [2.24, 2.45) is 5.92 Å². The second kappa shape index (κ2) is 9.70. The lowest BCUT2D eigenvalue weighted by atomic mass is 10.0. The van der Waals surface area contributed by atoms with E-state index in [1.54, 1.807) is 0 Å². The molecule has 0 atom stereocenters. The minimum Gasteiger partial charge on any atom is -0.346 e. The second-order valence-corrected chi connectivity index (χ2v) is 8.87. The van der Waals surface area contributed by atoms with Crippen LogP contribution in [0.15, 0.2) is 18.2 Å². The van der Waals surface area contributed by atoms with Gasteiger partial charge in [-0.2, -0.15) is 0 Å². The third kappa shape index (κ3) is 5.95. The Balaban J connectivity index is 2.07. The smallest absolute Gasteiger partial charge is 0.173 e. The highest BCUT2D eigenvalue weighted by Crippen LogP contribution is 2.22. The number of piperidine rings is 1. The molecule has 4 heteroatoms. The standard InChI is InChI=1S/C22H37N3S/c1-16(2)9-14-25(20-10-12-24(13-11-20)17(3)4)22(26)23-21-8-7-18(5)15-19(21)6/h7-8,15-17,20H,9-14H2,1-6H3,(H,23,26). The van der Waals surface area contributed by atoms with Crippen LogP contribution in [0.25, 0.3) is 0 Å². The number of likely N-dealkylation sites (tertiary alicyclic amines) is 1. The summed E-state index contributed by atoms with van der Waals surface area (Å²) in [5, 5.41) is 4.43. The van der Waals surface area contributed by atoms with Crippen molar-refractivity contribution >= 4 is 23.0 Å². The number of anilines is 1. The zero-order valence-electron chi connectivity index (χ0n) is 17.5. The van der Waals surface area contributed by atoms with Crippen molar-refractivity contribution in [1.82, 2.24) is 9.80 Å². The van der Waals surface area contributed by atoms with Gasteiger partial charge in [0.2, 0.25) is 0 Å². The molecular formula is C22H37N3S. The highest BCUT2D eigenvalue weighted by molar-refractivity contribution is 7.80. The lowest BCUT2D eigenvalue weighted by Crippen LogP contribution is -2.50. The molecular weight excluding hydrogens is 338 g/mol. The van der Waals surface area contributed by atoms with E-state index in [-0.39, 0.29) is 0 Å². The summed E-state index contributed by atoms with van der Waals surface area (Å²) in [5.41, 5.74) is 3.68. The molecule has 1 aromatic carbocycles. The summed E-state index contributed by atoms with van der Waals surface area (Å²) in [6, 6.07) is 7.70. The monoisotopic (exact) mass is 375 g/mol. The van der Waals surface area contributed by atoms with Gasteiger partial charge in [0.15, 0.2) is 5.11 Å². The molecule has 1 aliphatic rings. The Morgan fingerprint density at radius 3 is 2.38 bits per heavy atom. The van der Waals surface area contributed by atoms with Gasteiger partial charge < -0.3 is 15.1 Å². The normalized spacial score (nSPS) is 16.3. The van der Waals surface area contributed by atoms with E-state index in [4.69, 9.17) is 12.2 Å². The van der Waals surface area contributed by atoms with Gasteiger partial charge in [0.25, 0.3) is 0 Å². The summed E-state index contributed by atoms with van der Waals surface area (Å²) >= 11 is 5.86. The van der Waals surface area contributed by atoms with E-state index in [1.165, 1.54) is 43.5 Å². The molecule has 0 saturated carbocycles. The molecule has 1 heterocycles. The first-order valence-corrected chi connectivity index (χ1v) is 10.6. The fourth-order valence-electron chi connectivity index (χ4n) is 3.70. The maximum Gasteiger partial charge on any atom is 0.173 e. The summed E-state index contributed by atoms with van der Waals surface area (Å²) < 4.78 is 0. The van der Waals surface area contributed by atoms with Crippen molar-refractivity contribution in [2.75, 3.05) is 25.0 Å². The minimum atomic E-state index is 0.550. The second-order valence-electron chi connectivity index (χ2n) is 8.49. The van der Waals surface area contributed by atoms with Gasteiger partial charge in [-0.05, 0) is 76.7 Å². The topological polar surface area (TPSA) is 18.5 Å². The molecule has 0 aromatic heterocycles.